The Morgan fingerprint density at radius 3 is 2.09 bits per heavy atom. The van der Waals surface area contributed by atoms with E-state index in [9.17, 15) is 21.6 Å². The van der Waals surface area contributed by atoms with Gasteiger partial charge in [-0.05, 0) is 24.3 Å². The van der Waals surface area contributed by atoms with E-state index >= 15 is 0 Å². The zero-order chi connectivity index (χ0) is 17.1. The predicted octanol–water partition coefficient (Wildman–Crippen LogP) is 2.89. The van der Waals surface area contributed by atoms with Crippen molar-refractivity contribution in [1.29, 1.82) is 0 Å². The molecule has 0 heterocycles. The number of sulfonamides is 1. The third-order valence-electron chi connectivity index (χ3n) is 3.11. The van der Waals surface area contributed by atoms with Crippen molar-refractivity contribution < 1.29 is 26.7 Å². The third-order valence-corrected chi connectivity index (χ3v) is 4.99. The summed E-state index contributed by atoms with van der Waals surface area (Å²) in [6.07, 6.45) is -4.80. The van der Waals surface area contributed by atoms with Crippen molar-refractivity contribution in [3.8, 4) is 0 Å². The van der Waals surface area contributed by atoms with Crippen molar-refractivity contribution in [2.75, 3.05) is 17.5 Å². The molecule has 2 aromatic rings. The Morgan fingerprint density at radius 1 is 0.957 bits per heavy atom. The number of para-hydroxylation sites is 1. The molecule has 0 aromatic heterocycles. The predicted molar refractivity (Wildman–Crippen MR) is 79.5 cm³/mol. The molecule has 0 fully saturated rings. The second-order valence-corrected chi connectivity index (χ2v) is 6.46. The summed E-state index contributed by atoms with van der Waals surface area (Å²) in [5.41, 5.74) is -1.06. The first kappa shape index (κ1) is 17.3. The fourth-order valence-electron chi connectivity index (χ4n) is 2.12. The SMILES string of the molecule is O=S(=O)(c1ccccc1C(F)(F)F)N(CCO)c1ccccc1. The van der Waals surface area contributed by atoms with Crippen molar-refractivity contribution in [2.45, 2.75) is 11.1 Å². The van der Waals surface area contributed by atoms with Crippen LogP contribution in [0.25, 0.3) is 0 Å². The number of nitrogens with zero attached hydrogens (tertiary/aromatic N) is 1. The molecule has 0 aliphatic rings. The van der Waals surface area contributed by atoms with Crippen molar-refractivity contribution in [3.63, 3.8) is 0 Å². The molecule has 0 aliphatic carbocycles. The molecular formula is C15H14F3NO3S. The molecule has 23 heavy (non-hydrogen) atoms. The molecule has 0 amide bonds. The van der Waals surface area contributed by atoms with Gasteiger partial charge in [0.1, 0.15) is 0 Å². The molecule has 4 nitrogen and oxygen atoms in total. The minimum Gasteiger partial charge on any atom is -0.394 e. The molecular weight excluding hydrogens is 331 g/mol. The molecule has 2 rings (SSSR count). The maximum absolute atomic E-state index is 13.1. The zero-order valence-corrected chi connectivity index (χ0v) is 12.7. The Hall–Kier alpha value is -2.06. The van der Waals surface area contributed by atoms with Crippen LogP contribution in [0.15, 0.2) is 59.5 Å². The second kappa shape index (κ2) is 6.59. The first-order chi connectivity index (χ1) is 10.8. The van der Waals surface area contributed by atoms with Gasteiger partial charge in [-0.25, -0.2) is 8.42 Å². The number of rotatable bonds is 5. The van der Waals surface area contributed by atoms with Gasteiger partial charge in [-0.3, -0.25) is 4.31 Å². The topological polar surface area (TPSA) is 57.6 Å². The van der Waals surface area contributed by atoms with Gasteiger partial charge in [-0.1, -0.05) is 30.3 Å². The smallest absolute Gasteiger partial charge is 0.394 e. The molecule has 1 N–H and O–H groups in total. The van der Waals surface area contributed by atoms with Crippen LogP contribution in [0, 0.1) is 0 Å². The lowest BCUT2D eigenvalue weighted by Crippen LogP contribution is -2.34. The van der Waals surface area contributed by atoms with E-state index in [0.29, 0.717) is 0 Å². The Balaban J connectivity index is 2.60. The number of alkyl halides is 3. The van der Waals surface area contributed by atoms with Gasteiger partial charge < -0.3 is 5.11 Å². The molecule has 0 atom stereocenters. The van der Waals surface area contributed by atoms with Crippen molar-refractivity contribution in [1.82, 2.24) is 0 Å². The lowest BCUT2D eigenvalue weighted by molar-refractivity contribution is -0.139. The van der Waals surface area contributed by atoms with Crippen LogP contribution < -0.4 is 4.31 Å². The molecule has 0 spiro atoms. The number of halogens is 3. The van der Waals surface area contributed by atoms with Crippen LogP contribution in [0.2, 0.25) is 0 Å². The second-order valence-electron chi connectivity index (χ2n) is 4.63. The van der Waals surface area contributed by atoms with E-state index in [2.05, 4.69) is 0 Å². The molecule has 0 aliphatic heterocycles. The summed E-state index contributed by atoms with van der Waals surface area (Å²) in [7, 11) is -4.48. The van der Waals surface area contributed by atoms with Crippen LogP contribution in [-0.4, -0.2) is 26.7 Å². The quantitative estimate of drug-likeness (QED) is 0.907. The summed E-state index contributed by atoms with van der Waals surface area (Å²) in [5.74, 6) is 0. The van der Waals surface area contributed by atoms with Gasteiger partial charge in [0.25, 0.3) is 10.0 Å². The highest BCUT2D eigenvalue weighted by Gasteiger charge is 2.38. The molecule has 0 unspecified atom stereocenters. The van der Waals surface area contributed by atoms with Gasteiger partial charge in [-0.2, -0.15) is 13.2 Å². The lowest BCUT2D eigenvalue weighted by Gasteiger charge is -2.25. The summed E-state index contributed by atoms with van der Waals surface area (Å²) in [5, 5.41) is 9.11. The maximum Gasteiger partial charge on any atom is 0.417 e. The van der Waals surface area contributed by atoms with E-state index < -0.39 is 33.3 Å². The van der Waals surface area contributed by atoms with E-state index in [1.54, 1.807) is 18.2 Å². The lowest BCUT2D eigenvalue weighted by atomic mass is 10.2. The van der Waals surface area contributed by atoms with Crippen molar-refractivity contribution in [3.05, 3.63) is 60.2 Å². The normalized spacial score (nSPS) is 12.2. The average molecular weight is 345 g/mol. The monoisotopic (exact) mass is 345 g/mol. The minimum absolute atomic E-state index is 0.179. The van der Waals surface area contributed by atoms with Gasteiger partial charge in [0.05, 0.1) is 29.3 Å². The molecule has 124 valence electrons. The standard InChI is InChI=1S/C15H14F3NO3S/c16-15(17,18)13-8-4-5-9-14(13)23(21,22)19(10-11-20)12-6-2-1-3-7-12/h1-9,20H,10-11H2. The number of hydrogen-bond donors (Lipinski definition) is 1. The molecule has 8 heteroatoms. The highest BCUT2D eigenvalue weighted by Crippen LogP contribution is 2.36. The fourth-order valence-corrected chi connectivity index (χ4v) is 3.79. The van der Waals surface area contributed by atoms with E-state index in [-0.39, 0.29) is 12.2 Å². The largest absolute Gasteiger partial charge is 0.417 e. The molecule has 0 saturated carbocycles. The van der Waals surface area contributed by atoms with Crippen LogP contribution in [-0.2, 0) is 16.2 Å². The Labute approximate surface area is 131 Å². The van der Waals surface area contributed by atoms with E-state index in [1.807, 2.05) is 0 Å². The summed E-state index contributed by atoms with van der Waals surface area (Å²) in [6, 6.07) is 11.6. The summed E-state index contributed by atoms with van der Waals surface area (Å²) in [6.45, 7) is -0.874. The molecule has 0 radical (unpaired) electrons. The maximum atomic E-state index is 13.1. The van der Waals surface area contributed by atoms with Crippen LogP contribution >= 0.6 is 0 Å². The van der Waals surface area contributed by atoms with Gasteiger partial charge >= 0.3 is 6.18 Å². The Morgan fingerprint density at radius 2 is 1.52 bits per heavy atom. The van der Waals surface area contributed by atoms with Crippen LogP contribution in [0.3, 0.4) is 0 Å². The first-order valence-corrected chi connectivity index (χ1v) is 8.07. The minimum atomic E-state index is -4.80. The summed E-state index contributed by atoms with van der Waals surface area (Å²) >= 11 is 0. The fraction of sp³-hybridized carbons (Fsp3) is 0.200. The van der Waals surface area contributed by atoms with Crippen LogP contribution in [0.1, 0.15) is 5.56 Å². The number of benzene rings is 2. The van der Waals surface area contributed by atoms with Gasteiger partial charge in [-0.15, -0.1) is 0 Å². The summed E-state index contributed by atoms with van der Waals surface area (Å²) < 4.78 is 65.5. The number of anilines is 1. The highest BCUT2D eigenvalue weighted by atomic mass is 32.2. The van der Waals surface area contributed by atoms with Gasteiger partial charge in [0.15, 0.2) is 0 Å². The summed E-state index contributed by atoms with van der Waals surface area (Å²) in [4.78, 5) is -0.843. The van der Waals surface area contributed by atoms with Crippen LogP contribution in [0.5, 0.6) is 0 Å². The number of aliphatic hydroxyl groups excluding tert-OH is 1. The third kappa shape index (κ3) is 3.65. The molecule has 0 saturated heterocycles. The first-order valence-electron chi connectivity index (χ1n) is 6.63. The molecule has 2 aromatic carbocycles. The van der Waals surface area contributed by atoms with E-state index in [1.165, 1.54) is 18.2 Å². The highest BCUT2D eigenvalue weighted by molar-refractivity contribution is 7.92. The van der Waals surface area contributed by atoms with E-state index in [4.69, 9.17) is 5.11 Å². The van der Waals surface area contributed by atoms with Crippen molar-refractivity contribution >= 4 is 15.7 Å². The van der Waals surface area contributed by atoms with Gasteiger partial charge in [0.2, 0.25) is 0 Å². The number of aliphatic hydroxyl groups is 1. The van der Waals surface area contributed by atoms with Crippen LogP contribution in [0.4, 0.5) is 18.9 Å². The van der Waals surface area contributed by atoms with E-state index in [0.717, 1.165) is 22.5 Å². The van der Waals surface area contributed by atoms with Gasteiger partial charge in [0, 0.05) is 0 Å². The Bertz CT molecular complexity index is 761. The zero-order valence-electron chi connectivity index (χ0n) is 11.9. The average Bonchev–Trinajstić information content (AvgIpc) is 2.52. The Kier molecular flexibility index (Phi) is 4.96. The molecule has 0 bridgehead atoms. The van der Waals surface area contributed by atoms with Crippen molar-refractivity contribution in [2.24, 2.45) is 0 Å². The number of hydrogen-bond acceptors (Lipinski definition) is 3.